The Labute approximate surface area is 385 Å². The second-order valence-electron chi connectivity index (χ2n) is 10.1. The number of hydrogen-bond donors (Lipinski definition) is 9. The minimum Gasteiger partial charge on any atom is -0.476 e. The van der Waals surface area contributed by atoms with Gasteiger partial charge in [-0.3, -0.25) is 0 Å². The smallest absolute Gasteiger partial charge is 0.362 e. The van der Waals surface area contributed by atoms with E-state index in [1.165, 1.54) is 44.4 Å². The average Bonchev–Trinajstić information content (AvgIpc) is 4.13. The number of anilines is 4. The SMILES string of the molecule is CCO/N=C(\C(=O)O)c1csc(N)n1.CCO/N=C(\C(=O)O)c1nsc(N)n1.CO/N=C(\C(=O)O)c1ccco1.CO/N=C(\C(=O)O)c1csc(N)n1.CO/N=C(\C(=O)O)c1nsc(N)n1. The largest absolute Gasteiger partial charge is 0.476 e. The summed E-state index contributed by atoms with van der Waals surface area (Å²) in [5.41, 5.74) is 20.2. The van der Waals surface area contributed by atoms with E-state index in [0.29, 0.717) is 16.9 Å². The van der Waals surface area contributed by atoms with Crippen LogP contribution in [-0.4, -0.2) is 147 Å². The van der Waals surface area contributed by atoms with Gasteiger partial charge >= 0.3 is 29.8 Å². The predicted octanol–water partition coefficient (Wildman–Crippen LogP) is 0.927. The predicted molar refractivity (Wildman–Crippen MR) is 236 cm³/mol. The van der Waals surface area contributed by atoms with Gasteiger partial charge in [-0.05, 0) is 26.0 Å². The van der Waals surface area contributed by atoms with Gasteiger partial charge in [0.25, 0.3) is 0 Å². The number of furan rings is 1. The van der Waals surface area contributed by atoms with E-state index >= 15 is 0 Å². The van der Waals surface area contributed by atoms with Crippen molar-refractivity contribution < 1.29 is 78.1 Å². The Bertz CT molecular complexity index is 2360. The van der Waals surface area contributed by atoms with E-state index in [-0.39, 0.29) is 74.2 Å². The summed E-state index contributed by atoms with van der Waals surface area (Å²) in [5.74, 6) is -6.01. The van der Waals surface area contributed by atoms with Gasteiger partial charge in [0.2, 0.25) is 40.2 Å². The summed E-state index contributed by atoms with van der Waals surface area (Å²) in [6.07, 6.45) is 1.36. The molecule has 0 aromatic carbocycles. The highest BCUT2D eigenvalue weighted by Gasteiger charge is 2.21. The number of rotatable bonds is 17. The first-order valence-electron chi connectivity index (χ1n) is 16.9. The van der Waals surface area contributed by atoms with Crippen molar-refractivity contribution in [1.29, 1.82) is 0 Å². The van der Waals surface area contributed by atoms with Crippen molar-refractivity contribution in [3.63, 3.8) is 0 Å². The Balaban J connectivity index is 0.000000413. The summed E-state index contributed by atoms with van der Waals surface area (Å²) in [4.78, 5) is 90.3. The van der Waals surface area contributed by atoms with Crippen molar-refractivity contribution in [2.45, 2.75) is 13.8 Å². The number of nitrogen functional groups attached to an aromatic ring is 4. The zero-order chi connectivity index (χ0) is 49.8. The van der Waals surface area contributed by atoms with Gasteiger partial charge in [-0.1, -0.05) is 25.8 Å². The molecule has 5 rings (SSSR count). The summed E-state index contributed by atoms with van der Waals surface area (Å²) in [7, 11) is 3.77. The normalized spacial score (nSPS) is 11.3. The third-order valence-corrected chi connectivity index (χ3v) is 8.15. The van der Waals surface area contributed by atoms with Crippen LogP contribution in [0.2, 0.25) is 0 Å². The van der Waals surface area contributed by atoms with Gasteiger partial charge in [0.1, 0.15) is 45.9 Å². The van der Waals surface area contributed by atoms with E-state index in [4.69, 9.17) is 52.9 Å². The van der Waals surface area contributed by atoms with Gasteiger partial charge < -0.3 is 77.1 Å². The maximum absolute atomic E-state index is 10.7. The summed E-state index contributed by atoms with van der Waals surface area (Å²) in [5, 5.41) is 64.1. The minimum absolute atomic E-state index is 0.0338. The fourth-order valence-electron chi connectivity index (χ4n) is 3.33. The third kappa shape index (κ3) is 19.7. The fourth-order valence-corrected chi connectivity index (χ4v) is 5.30. The number of nitrogens with zero attached hydrogens (tertiary/aromatic N) is 11. The van der Waals surface area contributed by atoms with Gasteiger partial charge in [0, 0.05) is 33.8 Å². The average molecular weight is 1000 g/mol. The van der Waals surface area contributed by atoms with Gasteiger partial charge in [-0.2, -0.15) is 18.7 Å². The first kappa shape index (κ1) is 55.6. The van der Waals surface area contributed by atoms with E-state index < -0.39 is 29.8 Å². The molecule has 0 spiro atoms. The van der Waals surface area contributed by atoms with Crippen molar-refractivity contribution in [2.75, 3.05) is 57.5 Å². The molecule has 0 saturated carbocycles. The van der Waals surface area contributed by atoms with Crippen LogP contribution in [0.3, 0.4) is 0 Å². The van der Waals surface area contributed by atoms with Gasteiger partial charge in [0.15, 0.2) is 26.3 Å². The first-order chi connectivity index (χ1) is 31.3. The first-order valence-corrected chi connectivity index (χ1v) is 20.2. The Hall–Kier alpha value is -8.44. The zero-order valence-corrected chi connectivity index (χ0v) is 37.7. The lowest BCUT2D eigenvalue weighted by molar-refractivity contribution is -0.130. The van der Waals surface area contributed by atoms with E-state index in [1.54, 1.807) is 19.9 Å². The minimum atomic E-state index is -1.26. The van der Waals surface area contributed by atoms with Crippen LogP contribution in [0.4, 0.5) is 20.5 Å². The molecule has 0 aliphatic heterocycles. The lowest BCUT2D eigenvalue weighted by Crippen LogP contribution is -2.16. The molecular formula is C31H37N15O16S4. The molecular weight excluding hydrogens is 967 g/mol. The number of nitrogens with two attached hydrogens (primary N) is 4. The maximum atomic E-state index is 10.7. The van der Waals surface area contributed by atoms with E-state index in [2.05, 4.69) is 78.6 Å². The molecule has 5 aromatic heterocycles. The number of carboxylic acid groups (broad SMARTS) is 5. The molecule has 0 amide bonds. The number of aliphatic carboxylic acids is 5. The molecule has 5 heterocycles. The van der Waals surface area contributed by atoms with Crippen molar-refractivity contribution in [2.24, 2.45) is 25.8 Å². The number of carboxylic acids is 5. The van der Waals surface area contributed by atoms with E-state index in [1.807, 2.05) is 0 Å². The molecule has 0 unspecified atom stereocenters. The van der Waals surface area contributed by atoms with Crippen LogP contribution in [0.1, 0.15) is 42.6 Å². The molecule has 0 fully saturated rings. The molecule has 5 aromatic rings. The Kier molecular flexibility index (Phi) is 25.1. The fraction of sp³-hybridized carbons (Fsp3) is 0.226. The highest BCUT2D eigenvalue weighted by Crippen LogP contribution is 2.14. The summed E-state index contributed by atoms with van der Waals surface area (Å²) >= 11 is 4.09. The van der Waals surface area contributed by atoms with Crippen LogP contribution in [-0.2, 0) is 48.2 Å². The lowest BCUT2D eigenvalue weighted by atomic mass is 10.3. The summed E-state index contributed by atoms with van der Waals surface area (Å²) in [6, 6.07) is 3.06. The van der Waals surface area contributed by atoms with Crippen molar-refractivity contribution in [3.8, 4) is 0 Å². The van der Waals surface area contributed by atoms with E-state index in [0.717, 1.165) is 45.7 Å². The molecule has 0 atom stereocenters. The molecule has 13 N–H and O–H groups in total. The molecule has 356 valence electrons. The Morgan fingerprint density at radius 3 is 1.23 bits per heavy atom. The van der Waals surface area contributed by atoms with Gasteiger partial charge in [-0.25, -0.2) is 33.9 Å². The monoisotopic (exact) mass is 1000 g/mol. The molecule has 31 nitrogen and oxygen atoms in total. The topological polar surface area (TPSA) is 489 Å². The van der Waals surface area contributed by atoms with E-state index in [9.17, 15) is 24.0 Å². The molecule has 35 heteroatoms. The number of aromatic nitrogens is 6. The molecule has 0 radical (unpaired) electrons. The van der Waals surface area contributed by atoms with Crippen molar-refractivity contribution >= 4 is 125 Å². The van der Waals surface area contributed by atoms with Crippen LogP contribution >= 0.6 is 45.7 Å². The molecule has 66 heavy (non-hydrogen) atoms. The number of oxime groups is 5. The number of thiazole rings is 2. The Morgan fingerprint density at radius 2 is 0.924 bits per heavy atom. The van der Waals surface area contributed by atoms with Crippen LogP contribution in [0.25, 0.3) is 0 Å². The molecule has 0 bridgehead atoms. The van der Waals surface area contributed by atoms with Crippen LogP contribution in [0.15, 0.2) is 59.4 Å². The quantitative estimate of drug-likeness (QED) is 0.0462. The second kappa shape index (κ2) is 29.8. The number of hydrogen-bond acceptors (Lipinski definition) is 30. The summed E-state index contributed by atoms with van der Waals surface area (Å²) < 4.78 is 12.2. The standard InChI is InChI=1S/C7H9N3O3S.C7H7NO4.C6H8N4O3S.C6H7N3O3S.C5H6N4O3S/c1-2-13-10-5(6(11)12)4-3-14-7(8)9-4;1-11-8-6(7(9)10)5-3-2-4-12-5;1-2-13-9-3(5(11)12)4-8-6(7)14-10-4;1-12-9-4(5(10)11)3-2-13-6(7)8-3;1-12-8-2(4(10)11)3-7-5(6)13-9-3/h3H,2H2,1H3,(H2,8,9)(H,11,12);2-4H,1H3,(H,9,10);2H2,1H3,(H,11,12)(H2,7,8,10);2H,1H3,(H2,7,8)(H,10,11);1H3,(H,10,11)(H2,6,7,9)/b10-5-;8-6-;9-3-;9-4-;8-2-. The molecule has 0 aliphatic carbocycles. The van der Waals surface area contributed by atoms with Crippen molar-refractivity contribution in [3.05, 3.63) is 58.0 Å². The third-order valence-electron chi connectivity index (χ3n) is 5.72. The zero-order valence-electron chi connectivity index (χ0n) is 34.4. The van der Waals surface area contributed by atoms with Gasteiger partial charge in [0.05, 0.1) is 6.26 Å². The Morgan fingerprint density at radius 1 is 0.561 bits per heavy atom. The highest BCUT2D eigenvalue weighted by molar-refractivity contribution is 7.14. The lowest BCUT2D eigenvalue weighted by Gasteiger charge is -1.96. The second-order valence-corrected chi connectivity index (χ2v) is 13.5. The van der Waals surface area contributed by atoms with Crippen LogP contribution in [0, 0.1) is 0 Å². The molecule has 0 aliphatic rings. The van der Waals surface area contributed by atoms with Crippen molar-refractivity contribution in [1.82, 2.24) is 28.7 Å². The maximum Gasteiger partial charge on any atom is 0.362 e. The summed E-state index contributed by atoms with van der Waals surface area (Å²) in [6.45, 7) is 3.97. The highest BCUT2D eigenvalue weighted by atomic mass is 32.1. The van der Waals surface area contributed by atoms with Crippen LogP contribution < -0.4 is 22.9 Å². The number of carbonyl (C=O) groups is 5. The van der Waals surface area contributed by atoms with Gasteiger partial charge in [-0.15, -0.1) is 22.7 Å². The van der Waals surface area contributed by atoms with Crippen LogP contribution in [0.5, 0.6) is 0 Å². The molecule has 0 saturated heterocycles.